The molecule has 0 spiro atoms. The van der Waals surface area contributed by atoms with Crippen LogP contribution < -0.4 is 20.5 Å². The number of carbonyl (C=O) groups excluding carboxylic acids is 1. The zero-order valence-electron chi connectivity index (χ0n) is 20.9. The maximum Gasteiger partial charge on any atom is 0.261 e. The van der Waals surface area contributed by atoms with E-state index in [4.69, 9.17) is 25.2 Å². The quantitative estimate of drug-likeness (QED) is 0.323. The van der Waals surface area contributed by atoms with E-state index in [9.17, 15) is 4.79 Å². The minimum Gasteiger partial charge on any atom is -0.493 e. The number of hydrogen-bond acceptors (Lipinski definition) is 7. The summed E-state index contributed by atoms with van der Waals surface area (Å²) in [6.45, 7) is 3.90. The molecule has 3 aromatic carbocycles. The molecule has 0 saturated carbocycles. The number of carbonyl (C=O) groups is 1. The van der Waals surface area contributed by atoms with Crippen LogP contribution in [0.5, 0.6) is 11.5 Å². The van der Waals surface area contributed by atoms with Crippen molar-refractivity contribution < 1.29 is 14.3 Å². The van der Waals surface area contributed by atoms with Crippen LogP contribution in [-0.2, 0) is 0 Å². The summed E-state index contributed by atoms with van der Waals surface area (Å²) in [6.07, 6.45) is 1.58. The second-order valence-corrected chi connectivity index (χ2v) is 8.56. The molecule has 0 unspecified atom stereocenters. The largest absolute Gasteiger partial charge is 0.493 e. The average Bonchev–Trinajstić information content (AvgIpc) is 3.17. The molecule has 3 N–H and O–H groups in total. The molecule has 0 aliphatic rings. The Morgan fingerprint density at radius 2 is 1.76 bits per heavy atom. The van der Waals surface area contributed by atoms with Crippen molar-refractivity contribution in [1.29, 1.82) is 0 Å². The lowest BCUT2D eigenvalue weighted by atomic mass is 10.1. The van der Waals surface area contributed by atoms with Gasteiger partial charge >= 0.3 is 0 Å². The molecule has 9 nitrogen and oxygen atoms in total. The molecule has 0 radical (unpaired) electrons. The number of rotatable bonds is 6. The Bertz CT molecular complexity index is 1690. The Kier molecular flexibility index (Phi) is 6.19. The van der Waals surface area contributed by atoms with Gasteiger partial charge in [-0.3, -0.25) is 4.79 Å². The lowest BCUT2D eigenvalue weighted by Gasteiger charge is -2.10. The molecule has 0 bridgehead atoms. The van der Waals surface area contributed by atoms with E-state index >= 15 is 0 Å². The molecule has 9 heteroatoms. The average molecular weight is 495 g/mol. The van der Waals surface area contributed by atoms with Crippen LogP contribution in [0.4, 0.5) is 11.5 Å². The maximum atomic E-state index is 13.6. The van der Waals surface area contributed by atoms with Crippen LogP contribution in [0.15, 0.2) is 65.8 Å². The van der Waals surface area contributed by atoms with E-state index in [0.29, 0.717) is 44.9 Å². The van der Waals surface area contributed by atoms with Crippen molar-refractivity contribution in [3.63, 3.8) is 0 Å². The van der Waals surface area contributed by atoms with Crippen molar-refractivity contribution in [2.45, 2.75) is 13.8 Å². The van der Waals surface area contributed by atoms with Crippen molar-refractivity contribution in [3.05, 3.63) is 82.9 Å². The summed E-state index contributed by atoms with van der Waals surface area (Å²) in [5, 5.41) is 7.57. The highest BCUT2D eigenvalue weighted by Crippen LogP contribution is 2.31. The number of hydrogen-bond donors (Lipinski definition) is 2. The number of fused-ring (bicyclic) bond motifs is 2. The zero-order chi connectivity index (χ0) is 26.1. The zero-order valence-corrected chi connectivity index (χ0v) is 20.9. The Morgan fingerprint density at radius 1 is 1.00 bits per heavy atom. The van der Waals surface area contributed by atoms with Gasteiger partial charge in [-0.15, -0.1) is 0 Å². The minimum absolute atomic E-state index is 0.117. The number of aromatic nitrogens is 3. The molecule has 186 valence electrons. The predicted molar refractivity (Wildman–Crippen MR) is 146 cm³/mol. The number of aryl methyl sites for hydroxylation is 2. The molecule has 1 amide bonds. The third-order valence-corrected chi connectivity index (χ3v) is 6.09. The van der Waals surface area contributed by atoms with Gasteiger partial charge in [0.15, 0.2) is 17.1 Å². The smallest absolute Gasteiger partial charge is 0.261 e. The van der Waals surface area contributed by atoms with E-state index in [1.54, 1.807) is 26.5 Å². The number of para-hydroxylation sites is 3. The van der Waals surface area contributed by atoms with Crippen LogP contribution in [-0.4, -0.2) is 41.0 Å². The summed E-state index contributed by atoms with van der Waals surface area (Å²) < 4.78 is 12.3. The van der Waals surface area contributed by atoms with Gasteiger partial charge in [-0.1, -0.05) is 30.3 Å². The standard InChI is InChI=1S/C28H26N6O3/c1-16-12-13-17(2)21(14-16)33-28(35)23-24-27(32-20-10-6-5-9-19(20)31-24)34(26(23)29)30-15-18-8-7-11-22(36-3)25(18)37-4/h5-15H,29H2,1-4H3,(H,33,35)/b30-15+. The van der Waals surface area contributed by atoms with E-state index in [-0.39, 0.29) is 11.4 Å². The number of nitrogens with two attached hydrogens (primary N) is 1. The van der Waals surface area contributed by atoms with Gasteiger partial charge in [0.2, 0.25) is 0 Å². The Labute approximate surface area is 213 Å². The van der Waals surface area contributed by atoms with E-state index in [1.165, 1.54) is 4.68 Å². The first-order chi connectivity index (χ1) is 17.9. The Morgan fingerprint density at radius 3 is 2.49 bits per heavy atom. The lowest BCUT2D eigenvalue weighted by Crippen LogP contribution is -2.15. The number of nitrogen functional groups attached to an aromatic ring is 1. The third-order valence-electron chi connectivity index (χ3n) is 6.09. The number of nitrogens with one attached hydrogen (secondary N) is 1. The van der Waals surface area contributed by atoms with E-state index in [1.807, 2.05) is 68.4 Å². The summed E-state index contributed by atoms with van der Waals surface area (Å²) in [5.74, 6) is 0.810. The molecule has 5 aromatic rings. The third kappa shape index (κ3) is 4.31. The van der Waals surface area contributed by atoms with Gasteiger partial charge in [0, 0.05) is 11.3 Å². The normalized spacial score (nSPS) is 11.4. The van der Waals surface area contributed by atoms with Crippen LogP contribution in [0.1, 0.15) is 27.0 Å². The molecule has 0 aliphatic heterocycles. The van der Waals surface area contributed by atoms with Gasteiger partial charge < -0.3 is 20.5 Å². The van der Waals surface area contributed by atoms with Crippen LogP contribution >= 0.6 is 0 Å². The van der Waals surface area contributed by atoms with Gasteiger partial charge in [0.1, 0.15) is 16.9 Å². The molecule has 0 aliphatic carbocycles. The minimum atomic E-state index is -0.395. The fraction of sp³-hybridized carbons (Fsp3) is 0.143. The molecular weight excluding hydrogens is 468 g/mol. The number of nitrogens with zero attached hydrogens (tertiary/aromatic N) is 4. The van der Waals surface area contributed by atoms with Crippen molar-refractivity contribution in [3.8, 4) is 11.5 Å². The van der Waals surface area contributed by atoms with Crippen LogP contribution in [0.25, 0.3) is 22.2 Å². The fourth-order valence-corrected chi connectivity index (χ4v) is 4.18. The van der Waals surface area contributed by atoms with Crippen molar-refractivity contribution in [2.24, 2.45) is 5.10 Å². The van der Waals surface area contributed by atoms with Gasteiger partial charge in [0.25, 0.3) is 5.91 Å². The summed E-state index contributed by atoms with van der Waals surface area (Å²) >= 11 is 0. The molecule has 0 saturated heterocycles. The number of methoxy groups -OCH3 is 2. The van der Waals surface area contributed by atoms with E-state index in [2.05, 4.69) is 10.4 Å². The van der Waals surface area contributed by atoms with E-state index < -0.39 is 5.91 Å². The van der Waals surface area contributed by atoms with Gasteiger partial charge in [0.05, 0.1) is 31.5 Å². The first kappa shape index (κ1) is 23.8. The molecule has 5 rings (SSSR count). The van der Waals surface area contributed by atoms with Crippen molar-refractivity contribution >= 4 is 45.8 Å². The van der Waals surface area contributed by atoms with Crippen LogP contribution in [0, 0.1) is 13.8 Å². The number of amides is 1. The molecule has 37 heavy (non-hydrogen) atoms. The van der Waals surface area contributed by atoms with Gasteiger partial charge in [-0.25, -0.2) is 9.97 Å². The van der Waals surface area contributed by atoms with Crippen molar-refractivity contribution in [1.82, 2.24) is 14.6 Å². The summed E-state index contributed by atoms with van der Waals surface area (Å²) in [6, 6.07) is 18.7. The van der Waals surface area contributed by atoms with Gasteiger partial charge in [-0.2, -0.15) is 9.78 Å². The topological polar surface area (TPSA) is 117 Å². The highest BCUT2D eigenvalue weighted by Gasteiger charge is 2.24. The number of anilines is 2. The first-order valence-corrected chi connectivity index (χ1v) is 11.6. The highest BCUT2D eigenvalue weighted by atomic mass is 16.5. The number of benzene rings is 3. The highest BCUT2D eigenvalue weighted by molar-refractivity contribution is 6.16. The van der Waals surface area contributed by atoms with Crippen LogP contribution in [0.3, 0.4) is 0 Å². The predicted octanol–water partition coefficient (Wildman–Crippen LogP) is 4.94. The molecular formula is C28H26N6O3. The second kappa shape index (κ2) is 9.62. The molecule has 2 aromatic heterocycles. The van der Waals surface area contributed by atoms with Crippen LogP contribution in [0.2, 0.25) is 0 Å². The molecule has 0 atom stereocenters. The van der Waals surface area contributed by atoms with E-state index in [0.717, 1.165) is 11.1 Å². The monoisotopic (exact) mass is 494 g/mol. The summed E-state index contributed by atoms with van der Waals surface area (Å²) in [7, 11) is 3.12. The van der Waals surface area contributed by atoms with Gasteiger partial charge in [-0.05, 0) is 55.3 Å². The van der Waals surface area contributed by atoms with Crippen molar-refractivity contribution in [2.75, 3.05) is 25.3 Å². The number of ether oxygens (including phenoxy) is 2. The summed E-state index contributed by atoms with van der Waals surface area (Å²) in [5.41, 5.74) is 12.1. The Balaban J connectivity index is 1.68. The SMILES string of the molecule is COc1cccc(/C=N/n2c(N)c(C(=O)Nc3cc(C)ccc3C)c3nc4ccccc4nc32)c1OC. The Hall–Kier alpha value is -4.92. The fourth-order valence-electron chi connectivity index (χ4n) is 4.18. The molecule has 2 heterocycles. The second-order valence-electron chi connectivity index (χ2n) is 8.56. The summed E-state index contributed by atoms with van der Waals surface area (Å²) in [4.78, 5) is 23.0. The molecule has 0 fully saturated rings. The lowest BCUT2D eigenvalue weighted by molar-refractivity contribution is 0.102. The first-order valence-electron chi connectivity index (χ1n) is 11.6. The maximum absolute atomic E-state index is 13.6.